The van der Waals surface area contributed by atoms with E-state index in [1.54, 1.807) is 13.2 Å². The van der Waals surface area contributed by atoms with Gasteiger partial charge in [0.25, 0.3) is 0 Å². The first-order valence-electron chi connectivity index (χ1n) is 8.43. The topological polar surface area (TPSA) is 97.2 Å². The number of tetrazole rings is 1. The lowest BCUT2D eigenvalue weighted by atomic mass is 9.95. The highest BCUT2D eigenvalue weighted by molar-refractivity contribution is 5.90. The predicted octanol–water partition coefficient (Wildman–Crippen LogP) is 0.887. The molecule has 132 valence electrons. The van der Waals surface area contributed by atoms with Crippen LogP contribution in [0, 0.1) is 5.92 Å². The summed E-state index contributed by atoms with van der Waals surface area (Å²) in [4.78, 5) is 14.8. The molecule has 3 fully saturated rings. The number of anilines is 1. The quantitative estimate of drug-likeness (QED) is 0.859. The summed E-state index contributed by atoms with van der Waals surface area (Å²) in [5.74, 6) is 1.16. The number of nitrogens with one attached hydrogen (secondary N) is 2. The van der Waals surface area contributed by atoms with E-state index in [4.69, 9.17) is 4.74 Å². The van der Waals surface area contributed by atoms with Gasteiger partial charge < -0.3 is 20.3 Å². The van der Waals surface area contributed by atoms with Gasteiger partial charge in [0.15, 0.2) is 0 Å². The standard InChI is InChI=1S/C16H21N7O2/c1-25-15-5-12(4-14(6-15)23-10-18-20-21-23)19-16(24)22-9-11-2-3-13(22)8-17-7-11/h4-6,10-11,13,17H,2-3,7-9H2,1H3,(H,19,24)/t11-,13+/m1/s1. The molecule has 2 aromatic rings. The van der Waals surface area contributed by atoms with Gasteiger partial charge in [0.2, 0.25) is 0 Å². The van der Waals surface area contributed by atoms with Crippen molar-refractivity contribution in [3.63, 3.8) is 0 Å². The summed E-state index contributed by atoms with van der Waals surface area (Å²) in [5.41, 5.74) is 1.38. The summed E-state index contributed by atoms with van der Waals surface area (Å²) in [6.45, 7) is 2.65. The molecule has 2 bridgehead atoms. The summed E-state index contributed by atoms with van der Waals surface area (Å²) in [6.07, 6.45) is 3.74. The van der Waals surface area contributed by atoms with Gasteiger partial charge in [-0.3, -0.25) is 0 Å². The minimum Gasteiger partial charge on any atom is -0.497 e. The number of urea groups is 1. The Hall–Kier alpha value is -2.68. The minimum absolute atomic E-state index is 0.0747. The molecule has 3 aliphatic heterocycles. The van der Waals surface area contributed by atoms with Crippen LogP contribution in [0.25, 0.3) is 5.69 Å². The first-order chi connectivity index (χ1) is 12.2. The second kappa shape index (κ2) is 6.67. The average Bonchev–Trinajstić information content (AvgIpc) is 2.98. The lowest BCUT2D eigenvalue weighted by molar-refractivity contribution is 0.153. The fourth-order valence-electron chi connectivity index (χ4n) is 3.56. The summed E-state index contributed by atoms with van der Waals surface area (Å²) in [7, 11) is 1.59. The molecular weight excluding hydrogens is 322 g/mol. The van der Waals surface area contributed by atoms with Crippen molar-refractivity contribution in [1.82, 2.24) is 30.4 Å². The third kappa shape index (κ3) is 3.27. The van der Waals surface area contributed by atoms with Crippen LogP contribution in [0.5, 0.6) is 5.75 Å². The number of aromatic nitrogens is 4. The molecule has 25 heavy (non-hydrogen) atoms. The Balaban J connectivity index is 1.55. The second-order valence-corrected chi connectivity index (χ2v) is 6.51. The number of carbonyl (C=O) groups is 1. The summed E-state index contributed by atoms with van der Waals surface area (Å²) < 4.78 is 6.86. The average molecular weight is 343 g/mol. The van der Waals surface area contributed by atoms with Crippen LogP contribution in [0.4, 0.5) is 10.5 Å². The zero-order chi connectivity index (χ0) is 17.2. The molecule has 0 unspecified atom stereocenters. The molecule has 3 aliphatic rings. The third-order valence-corrected chi connectivity index (χ3v) is 4.87. The van der Waals surface area contributed by atoms with Crippen LogP contribution in [0.15, 0.2) is 24.5 Å². The monoisotopic (exact) mass is 343 g/mol. The van der Waals surface area contributed by atoms with Crippen molar-refractivity contribution < 1.29 is 9.53 Å². The van der Waals surface area contributed by atoms with Crippen molar-refractivity contribution >= 4 is 11.7 Å². The van der Waals surface area contributed by atoms with Gasteiger partial charge in [-0.2, -0.15) is 0 Å². The van der Waals surface area contributed by atoms with E-state index in [9.17, 15) is 4.79 Å². The highest BCUT2D eigenvalue weighted by Gasteiger charge is 2.34. The molecule has 5 rings (SSSR count). The summed E-state index contributed by atoms with van der Waals surface area (Å²) >= 11 is 0. The van der Waals surface area contributed by atoms with Gasteiger partial charge in [0.1, 0.15) is 12.1 Å². The maximum absolute atomic E-state index is 12.8. The van der Waals surface area contributed by atoms with Gasteiger partial charge in [-0.15, -0.1) is 5.10 Å². The lowest BCUT2D eigenvalue weighted by Crippen LogP contribution is -2.49. The van der Waals surface area contributed by atoms with E-state index in [0.717, 1.165) is 31.7 Å². The molecule has 0 saturated carbocycles. The molecular formula is C16H21N7O2. The van der Waals surface area contributed by atoms with E-state index in [-0.39, 0.29) is 12.1 Å². The number of fused-ring (bicyclic) bond motifs is 4. The Morgan fingerprint density at radius 1 is 1.32 bits per heavy atom. The number of methoxy groups -OCH3 is 1. The van der Waals surface area contributed by atoms with Gasteiger partial charge in [-0.1, -0.05) is 0 Å². The van der Waals surface area contributed by atoms with Crippen LogP contribution < -0.4 is 15.4 Å². The van der Waals surface area contributed by atoms with Crippen molar-refractivity contribution in [2.75, 3.05) is 32.1 Å². The molecule has 2 N–H and O–H groups in total. The second-order valence-electron chi connectivity index (χ2n) is 6.51. The van der Waals surface area contributed by atoms with Gasteiger partial charge in [0.05, 0.1) is 12.8 Å². The molecule has 3 saturated heterocycles. The van der Waals surface area contributed by atoms with Crippen molar-refractivity contribution in [3.8, 4) is 11.4 Å². The van der Waals surface area contributed by atoms with Crippen LogP contribution in [-0.4, -0.2) is 63.9 Å². The fourth-order valence-corrected chi connectivity index (χ4v) is 3.56. The van der Waals surface area contributed by atoms with Crippen LogP contribution >= 0.6 is 0 Å². The van der Waals surface area contributed by atoms with E-state index in [0.29, 0.717) is 17.4 Å². The van der Waals surface area contributed by atoms with E-state index in [1.165, 1.54) is 17.4 Å². The predicted molar refractivity (Wildman–Crippen MR) is 90.8 cm³/mol. The Kier molecular flexibility index (Phi) is 4.22. The van der Waals surface area contributed by atoms with E-state index < -0.39 is 0 Å². The minimum atomic E-state index is -0.0747. The fraction of sp³-hybridized carbons (Fsp3) is 0.500. The number of rotatable bonds is 3. The summed E-state index contributed by atoms with van der Waals surface area (Å²) in [5, 5.41) is 17.6. The van der Waals surface area contributed by atoms with E-state index >= 15 is 0 Å². The normalized spacial score (nSPS) is 22.5. The van der Waals surface area contributed by atoms with Crippen molar-refractivity contribution in [1.29, 1.82) is 0 Å². The molecule has 2 atom stereocenters. The number of nitrogens with zero attached hydrogens (tertiary/aromatic N) is 5. The lowest BCUT2D eigenvalue weighted by Gasteiger charge is -2.36. The molecule has 0 aliphatic carbocycles. The SMILES string of the molecule is COc1cc(NC(=O)N2C[C@@H]3CC[C@H]2CNC3)cc(-n2cnnn2)c1. The molecule has 4 heterocycles. The van der Waals surface area contributed by atoms with Crippen molar-refractivity contribution in [2.24, 2.45) is 5.92 Å². The molecule has 1 aromatic carbocycles. The highest BCUT2D eigenvalue weighted by Crippen LogP contribution is 2.27. The zero-order valence-electron chi connectivity index (χ0n) is 14.1. The molecule has 9 heteroatoms. The van der Waals surface area contributed by atoms with E-state index in [2.05, 4.69) is 26.2 Å². The first-order valence-corrected chi connectivity index (χ1v) is 8.43. The zero-order valence-corrected chi connectivity index (χ0v) is 14.1. The van der Waals surface area contributed by atoms with Crippen LogP contribution in [0.3, 0.4) is 0 Å². The molecule has 0 radical (unpaired) electrons. The number of benzene rings is 1. The number of hydrogen-bond donors (Lipinski definition) is 2. The number of amides is 2. The van der Waals surface area contributed by atoms with Crippen LogP contribution in [0.1, 0.15) is 12.8 Å². The van der Waals surface area contributed by atoms with Gasteiger partial charge in [0, 0.05) is 37.0 Å². The van der Waals surface area contributed by atoms with Crippen molar-refractivity contribution in [3.05, 3.63) is 24.5 Å². The number of carbonyl (C=O) groups excluding carboxylic acids is 1. The van der Waals surface area contributed by atoms with Gasteiger partial charge in [-0.05, 0) is 41.8 Å². The number of hydrogen-bond acceptors (Lipinski definition) is 6. The first kappa shape index (κ1) is 15.8. The van der Waals surface area contributed by atoms with E-state index in [1.807, 2.05) is 17.0 Å². The molecule has 9 nitrogen and oxygen atoms in total. The van der Waals surface area contributed by atoms with Crippen LogP contribution in [-0.2, 0) is 0 Å². The molecule has 0 spiro atoms. The third-order valence-electron chi connectivity index (χ3n) is 4.87. The smallest absolute Gasteiger partial charge is 0.322 e. The Morgan fingerprint density at radius 2 is 2.24 bits per heavy atom. The molecule has 2 amide bonds. The highest BCUT2D eigenvalue weighted by atomic mass is 16.5. The Bertz CT molecular complexity index is 745. The maximum atomic E-state index is 12.8. The Labute approximate surface area is 145 Å². The largest absolute Gasteiger partial charge is 0.497 e. The Morgan fingerprint density at radius 3 is 3.04 bits per heavy atom. The maximum Gasteiger partial charge on any atom is 0.322 e. The number of piperidine rings is 1. The van der Waals surface area contributed by atoms with Gasteiger partial charge >= 0.3 is 6.03 Å². The van der Waals surface area contributed by atoms with Crippen molar-refractivity contribution in [2.45, 2.75) is 18.9 Å². The summed E-state index contributed by atoms with van der Waals surface area (Å²) in [6, 6.07) is 5.60. The molecule has 1 aromatic heterocycles. The van der Waals surface area contributed by atoms with Crippen LogP contribution in [0.2, 0.25) is 0 Å². The number of ether oxygens (including phenoxy) is 1. The van der Waals surface area contributed by atoms with Gasteiger partial charge in [-0.25, -0.2) is 9.48 Å².